The van der Waals surface area contributed by atoms with Gasteiger partial charge in [-0.1, -0.05) is 121 Å². The predicted molar refractivity (Wildman–Crippen MR) is 112 cm³/mol. The van der Waals surface area contributed by atoms with Gasteiger partial charge in [0.1, 0.15) is 0 Å². The van der Waals surface area contributed by atoms with E-state index in [0.717, 1.165) is 11.8 Å². The molecule has 0 nitrogen and oxygen atoms in total. The van der Waals surface area contributed by atoms with Crippen LogP contribution in [0.1, 0.15) is 133 Å². The highest BCUT2D eigenvalue weighted by Crippen LogP contribution is 2.41. The largest absolute Gasteiger partial charge is 0.0776 e. The molecule has 0 amide bonds. The van der Waals surface area contributed by atoms with Crippen LogP contribution in [0.2, 0.25) is 0 Å². The van der Waals surface area contributed by atoms with Crippen LogP contribution in [-0.4, -0.2) is 0 Å². The predicted octanol–water partition coefficient (Wildman–Crippen LogP) is 9.28. The van der Waals surface area contributed by atoms with Crippen molar-refractivity contribution in [3.8, 4) is 0 Å². The van der Waals surface area contributed by atoms with Crippen LogP contribution in [0.3, 0.4) is 0 Å². The van der Waals surface area contributed by atoms with Crippen LogP contribution >= 0.6 is 0 Å². The van der Waals surface area contributed by atoms with Gasteiger partial charge in [-0.3, -0.25) is 0 Å². The summed E-state index contributed by atoms with van der Waals surface area (Å²) in [6.07, 6.45) is 18.1. The first-order valence-corrected chi connectivity index (χ1v) is 10.2. The monoisotopic (exact) mass is 328 g/mol. The fraction of sp³-hybridized carbons (Fsp3) is 1.00. The molecule has 2 aliphatic rings. The molecule has 0 aliphatic heterocycles. The van der Waals surface area contributed by atoms with Crippen molar-refractivity contribution in [1.29, 1.82) is 0 Å². The van der Waals surface area contributed by atoms with Gasteiger partial charge in [-0.05, 0) is 30.1 Å². The fourth-order valence-electron chi connectivity index (χ4n) is 4.43. The zero-order valence-electron chi connectivity index (χ0n) is 16.1. The van der Waals surface area contributed by atoms with Crippen molar-refractivity contribution in [3.05, 3.63) is 0 Å². The zero-order chi connectivity index (χ0) is 16.1. The summed E-state index contributed by atoms with van der Waals surface area (Å²) < 4.78 is 0. The third-order valence-corrected chi connectivity index (χ3v) is 5.13. The maximum atomic E-state index is 2.54. The molecule has 0 N–H and O–H groups in total. The van der Waals surface area contributed by atoms with Gasteiger partial charge >= 0.3 is 0 Å². The summed E-state index contributed by atoms with van der Waals surface area (Å²) in [6.45, 7) is 13.1. The standard InChI is InChI=1S/C17H32.2C2H6.2CH4/c1-17(2,13-15-9-5-3-6-10-15)14-16-11-7-4-8-12-16;2*1-2;;/h15-16H,3-14H2,1-2H3;2*1-2H3;2*1H4. The molecule has 0 heteroatoms. The molecule has 144 valence electrons. The Kier molecular flexibility index (Phi) is 20.4. The Labute approximate surface area is 151 Å². The van der Waals surface area contributed by atoms with Crippen molar-refractivity contribution in [2.24, 2.45) is 17.3 Å². The highest BCUT2D eigenvalue weighted by atomic mass is 14.3. The summed E-state index contributed by atoms with van der Waals surface area (Å²) in [4.78, 5) is 0. The molecule has 2 aliphatic carbocycles. The van der Waals surface area contributed by atoms with Crippen LogP contribution in [0.5, 0.6) is 0 Å². The third kappa shape index (κ3) is 13.0. The molecule has 0 atom stereocenters. The van der Waals surface area contributed by atoms with E-state index in [4.69, 9.17) is 0 Å². The molecule has 0 spiro atoms. The summed E-state index contributed by atoms with van der Waals surface area (Å²) in [5.41, 5.74) is 0.615. The van der Waals surface area contributed by atoms with E-state index >= 15 is 0 Å². The molecule has 0 aromatic heterocycles. The second-order valence-electron chi connectivity index (χ2n) is 7.58. The Bertz CT molecular complexity index is 182. The van der Waals surface area contributed by atoms with Crippen LogP contribution in [-0.2, 0) is 0 Å². The lowest BCUT2D eigenvalue weighted by atomic mass is 9.70. The lowest BCUT2D eigenvalue weighted by Gasteiger charge is -2.35. The fourth-order valence-corrected chi connectivity index (χ4v) is 4.43. The first-order chi connectivity index (χ1) is 10.2. The average molecular weight is 329 g/mol. The Morgan fingerprint density at radius 2 is 0.826 bits per heavy atom. The Balaban J connectivity index is -0.000000619. The van der Waals surface area contributed by atoms with Crippen molar-refractivity contribution in [2.75, 3.05) is 0 Å². The Morgan fingerprint density at radius 3 is 1.09 bits per heavy atom. The molecule has 0 bridgehead atoms. The van der Waals surface area contributed by atoms with E-state index in [1.807, 2.05) is 27.7 Å². The lowest BCUT2D eigenvalue weighted by Crippen LogP contribution is -2.23. The molecule has 23 heavy (non-hydrogen) atoms. The van der Waals surface area contributed by atoms with Crippen LogP contribution in [0, 0.1) is 17.3 Å². The Morgan fingerprint density at radius 1 is 0.565 bits per heavy atom. The molecular weight excluding hydrogens is 276 g/mol. The van der Waals surface area contributed by atoms with Gasteiger partial charge in [0.2, 0.25) is 0 Å². The normalized spacial score (nSPS) is 19.0. The van der Waals surface area contributed by atoms with Gasteiger partial charge < -0.3 is 0 Å². The summed E-state index contributed by atoms with van der Waals surface area (Å²) in [5.74, 6) is 2.12. The topological polar surface area (TPSA) is 0 Å². The lowest BCUT2D eigenvalue weighted by molar-refractivity contribution is 0.163. The highest BCUT2D eigenvalue weighted by Gasteiger charge is 2.28. The van der Waals surface area contributed by atoms with Crippen molar-refractivity contribution < 1.29 is 0 Å². The van der Waals surface area contributed by atoms with Gasteiger partial charge in [0, 0.05) is 0 Å². The molecule has 0 saturated heterocycles. The molecule has 2 saturated carbocycles. The van der Waals surface area contributed by atoms with E-state index in [-0.39, 0.29) is 14.9 Å². The summed E-state index contributed by atoms with van der Waals surface area (Å²) in [5, 5.41) is 0. The maximum Gasteiger partial charge on any atom is -0.0349 e. The smallest absolute Gasteiger partial charge is 0.0349 e. The molecule has 0 aromatic carbocycles. The summed E-state index contributed by atoms with van der Waals surface area (Å²) in [6, 6.07) is 0. The van der Waals surface area contributed by atoms with Crippen molar-refractivity contribution in [2.45, 2.75) is 133 Å². The second kappa shape index (κ2) is 16.8. The van der Waals surface area contributed by atoms with E-state index in [1.165, 1.54) is 77.0 Å². The minimum absolute atomic E-state index is 0. The Hall–Kier alpha value is 0. The van der Waals surface area contributed by atoms with Crippen LogP contribution < -0.4 is 0 Å². The van der Waals surface area contributed by atoms with E-state index in [0.29, 0.717) is 5.41 Å². The van der Waals surface area contributed by atoms with E-state index in [2.05, 4.69) is 13.8 Å². The third-order valence-electron chi connectivity index (χ3n) is 5.13. The van der Waals surface area contributed by atoms with Crippen molar-refractivity contribution in [1.82, 2.24) is 0 Å². The molecule has 0 unspecified atom stereocenters. The number of hydrogen-bond donors (Lipinski definition) is 0. The summed E-state index contributed by atoms with van der Waals surface area (Å²) in [7, 11) is 0. The number of rotatable bonds is 4. The minimum Gasteiger partial charge on any atom is -0.0776 e. The molecule has 0 radical (unpaired) electrons. The van der Waals surface area contributed by atoms with Gasteiger partial charge in [0.05, 0.1) is 0 Å². The van der Waals surface area contributed by atoms with Crippen molar-refractivity contribution in [3.63, 3.8) is 0 Å². The van der Waals surface area contributed by atoms with Crippen LogP contribution in [0.4, 0.5) is 0 Å². The van der Waals surface area contributed by atoms with Gasteiger partial charge in [0.15, 0.2) is 0 Å². The van der Waals surface area contributed by atoms with E-state index in [9.17, 15) is 0 Å². The first kappa shape index (κ1) is 27.8. The first-order valence-electron chi connectivity index (χ1n) is 10.2. The molecular formula is C23H52. The zero-order valence-corrected chi connectivity index (χ0v) is 16.1. The van der Waals surface area contributed by atoms with Crippen LogP contribution in [0.25, 0.3) is 0 Å². The molecule has 0 heterocycles. The second-order valence-corrected chi connectivity index (χ2v) is 7.58. The van der Waals surface area contributed by atoms with Gasteiger partial charge in [-0.2, -0.15) is 0 Å². The molecule has 2 fully saturated rings. The molecule has 0 aromatic rings. The highest BCUT2D eigenvalue weighted by molar-refractivity contribution is 4.80. The van der Waals surface area contributed by atoms with Crippen molar-refractivity contribution >= 4 is 0 Å². The quantitative estimate of drug-likeness (QED) is 0.482. The average Bonchev–Trinajstić information content (AvgIpc) is 2.52. The van der Waals surface area contributed by atoms with E-state index in [1.54, 1.807) is 0 Å². The van der Waals surface area contributed by atoms with Gasteiger partial charge in [-0.15, -0.1) is 0 Å². The molecule has 2 rings (SSSR count). The summed E-state index contributed by atoms with van der Waals surface area (Å²) >= 11 is 0. The van der Waals surface area contributed by atoms with Crippen LogP contribution in [0.15, 0.2) is 0 Å². The maximum absolute atomic E-state index is 2.54. The van der Waals surface area contributed by atoms with Gasteiger partial charge in [-0.25, -0.2) is 0 Å². The van der Waals surface area contributed by atoms with E-state index < -0.39 is 0 Å². The SMILES string of the molecule is C.C.CC.CC.CC(C)(CC1CCCCC1)CC1CCCCC1. The minimum atomic E-state index is 0. The van der Waals surface area contributed by atoms with Gasteiger partial charge in [0.25, 0.3) is 0 Å². The number of hydrogen-bond acceptors (Lipinski definition) is 0.